The molecule has 2 N–H and O–H groups in total. The van der Waals surface area contributed by atoms with Gasteiger partial charge in [-0.25, -0.2) is 0 Å². The van der Waals surface area contributed by atoms with Gasteiger partial charge < -0.3 is 10.4 Å². The van der Waals surface area contributed by atoms with Crippen LogP contribution >= 0.6 is 11.6 Å². The molecule has 0 aliphatic heterocycles. The van der Waals surface area contributed by atoms with Crippen molar-refractivity contribution in [3.05, 3.63) is 107 Å². The lowest BCUT2D eigenvalue weighted by Crippen LogP contribution is -2.29. The smallest absolute Gasteiger partial charge is 0.221 e. The number of hydrogen-bond donors (Lipinski definition) is 2. The largest absolute Gasteiger partial charge is 0.505 e. The Kier molecular flexibility index (Phi) is 5.96. The number of pyridine rings is 1. The maximum atomic E-state index is 12.8. The van der Waals surface area contributed by atoms with Gasteiger partial charge in [-0.3, -0.25) is 9.78 Å². The van der Waals surface area contributed by atoms with Crippen LogP contribution in [-0.2, 0) is 11.2 Å². The third-order valence-electron chi connectivity index (χ3n) is 5.08. The molecule has 4 rings (SSSR count). The summed E-state index contributed by atoms with van der Waals surface area (Å²) in [6.07, 6.45) is 2.59. The van der Waals surface area contributed by atoms with Gasteiger partial charge >= 0.3 is 0 Å². The Morgan fingerprint density at radius 1 is 1.00 bits per heavy atom. The van der Waals surface area contributed by atoms with Crippen molar-refractivity contribution in [3.8, 4) is 5.75 Å². The normalized spacial score (nSPS) is 11.9. The van der Waals surface area contributed by atoms with E-state index in [2.05, 4.69) is 10.3 Å². The number of aryl methyl sites for hydroxylation is 1. The van der Waals surface area contributed by atoms with Gasteiger partial charge in [0.1, 0.15) is 11.3 Å². The molecule has 3 aromatic carbocycles. The van der Waals surface area contributed by atoms with E-state index < -0.39 is 6.04 Å². The highest BCUT2D eigenvalue weighted by molar-refractivity contribution is 6.35. The van der Waals surface area contributed by atoms with Crippen molar-refractivity contribution >= 4 is 28.4 Å². The number of carbonyl (C=O) groups is 1. The number of rotatable bonds is 6. The van der Waals surface area contributed by atoms with Gasteiger partial charge in [0.2, 0.25) is 5.91 Å². The van der Waals surface area contributed by atoms with E-state index in [9.17, 15) is 9.90 Å². The second-order valence-electron chi connectivity index (χ2n) is 7.09. The first kappa shape index (κ1) is 19.9. The molecule has 0 radical (unpaired) electrons. The third-order valence-corrected chi connectivity index (χ3v) is 5.39. The maximum Gasteiger partial charge on any atom is 0.221 e. The SMILES string of the molecule is O=C(CCc1ccccc1)NC(c1ccccc1)c1cc(Cl)c2cccnc2c1O. The number of nitrogens with one attached hydrogen (secondary N) is 1. The second-order valence-corrected chi connectivity index (χ2v) is 7.50. The number of nitrogens with zero attached hydrogens (tertiary/aromatic N) is 1. The molecule has 1 atom stereocenters. The van der Waals surface area contributed by atoms with E-state index in [1.807, 2.05) is 66.7 Å². The first-order valence-corrected chi connectivity index (χ1v) is 10.2. The van der Waals surface area contributed by atoms with Crippen LogP contribution < -0.4 is 5.32 Å². The molecule has 0 bridgehead atoms. The molecule has 0 aliphatic rings. The lowest BCUT2D eigenvalue weighted by molar-refractivity contribution is -0.121. The van der Waals surface area contributed by atoms with Gasteiger partial charge in [0.05, 0.1) is 11.1 Å². The zero-order valence-electron chi connectivity index (χ0n) is 16.3. The predicted octanol–water partition coefficient (Wildman–Crippen LogP) is 5.43. The van der Waals surface area contributed by atoms with Crippen molar-refractivity contribution in [1.82, 2.24) is 10.3 Å². The summed E-state index contributed by atoms with van der Waals surface area (Å²) in [4.78, 5) is 17.1. The van der Waals surface area contributed by atoms with Crippen molar-refractivity contribution in [1.29, 1.82) is 0 Å². The highest BCUT2D eigenvalue weighted by Gasteiger charge is 2.23. The van der Waals surface area contributed by atoms with Gasteiger partial charge in [-0.1, -0.05) is 72.3 Å². The fourth-order valence-electron chi connectivity index (χ4n) is 3.55. The molecule has 0 fully saturated rings. The fourth-order valence-corrected chi connectivity index (χ4v) is 3.82. The summed E-state index contributed by atoms with van der Waals surface area (Å²) in [7, 11) is 0. The average molecular weight is 417 g/mol. The van der Waals surface area contributed by atoms with Gasteiger partial charge in [-0.05, 0) is 35.7 Å². The minimum Gasteiger partial charge on any atom is -0.505 e. The second kappa shape index (κ2) is 8.97. The van der Waals surface area contributed by atoms with E-state index in [1.54, 1.807) is 18.3 Å². The van der Waals surface area contributed by atoms with Crippen LogP contribution in [0.2, 0.25) is 5.02 Å². The van der Waals surface area contributed by atoms with Crippen LogP contribution in [0.1, 0.15) is 29.2 Å². The lowest BCUT2D eigenvalue weighted by Gasteiger charge is -2.22. The van der Waals surface area contributed by atoms with Crippen LogP contribution in [0.3, 0.4) is 0 Å². The van der Waals surface area contributed by atoms with Crippen molar-refractivity contribution in [3.63, 3.8) is 0 Å². The topological polar surface area (TPSA) is 62.2 Å². The van der Waals surface area contributed by atoms with Crippen LogP contribution in [0, 0.1) is 0 Å². The number of fused-ring (bicyclic) bond motifs is 1. The van der Waals surface area contributed by atoms with Gasteiger partial charge in [0, 0.05) is 23.6 Å². The third kappa shape index (κ3) is 4.29. The fraction of sp³-hybridized carbons (Fsp3) is 0.120. The minimum atomic E-state index is -0.543. The van der Waals surface area contributed by atoms with E-state index in [1.165, 1.54) is 0 Å². The molecule has 0 saturated carbocycles. The zero-order chi connectivity index (χ0) is 20.9. The zero-order valence-corrected chi connectivity index (χ0v) is 17.0. The Morgan fingerprint density at radius 2 is 1.70 bits per heavy atom. The molecule has 0 aliphatic carbocycles. The summed E-state index contributed by atoms with van der Waals surface area (Å²) in [5, 5.41) is 15.2. The number of phenols is 1. The highest BCUT2D eigenvalue weighted by Crippen LogP contribution is 2.38. The molecule has 0 spiro atoms. The van der Waals surface area contributed by atoms with Crippen LogP contribution in [0.5, 0.6) is 5.75 Å². The summed E-state index contributed by atoms with van der Waals surface area (Å²) in [5.41, 5.74) is 2.89. The number of carbonyl (C=O) groups excluding carboxylic acids is 1. The quantitative estimate of drug-likeness (QED) is 0.440. The van der Waals surface area contributed by atoms with E-state index in [0.29, 0.717) is 34.3 Å². The van der Waals surface area contributed by atoms with Gasteiger partial charge in [0.15, 0.2) is 0 Å². The number of amides is 1. The van der Waals surface area contributed by atoms with E-state index in [4.69, 9.17) is 11.6 Å². The first-order chi connectivity index (χ1) is 14.6. The molecule has 5 heteroatoms. The number of halogens is 1. The van der Waals surface area contributed by atoms with Gasteiger partial charge in [0.25, 0.3) is 0 Å². The molecular formula is C25H21ClN2O2. The molecular weight excluding hydrogens is 396 g/mol. The standard InChI is InChI=1S/C25H21ClN2O2/c26-21-16-20(25(30)24-19(21)12-7-15-27-24)23(18-10-5-2-6-11-18)28-22(29)14-13-17-8-3-1-4-9-17/h1-12,15-16,23,30H,13-14H2,(H,28,29). The Morgan fingerprint density at radius 3 is 2.43 bits per heavy atom. The summed E-state index contributed by atoms with van der Waals surface area (Å²) in [6, 6.07) is 24.2. The number of phenolic OH excluding ortho intramolecular Hbond substituents is 1. The highest BCUT2D eigenvalue weighted by atomic mass is 35.5. The summed E-state index contributed by atoms with van der Waals surface area (Å²) < 4.78 is 0. The Bertz CT molecular complexity index is 1160. The molecule has 1 aromatic heterocycles. The summed E-state index contributed by atoms with van der Waals surface area (Å²) in [5.74, 6) is -0.0865. The van der Waals surface area contributed by atoms with Crippen LogP contribution in [0.4, 0.5) is 0 Å². The molecule has 1 heterocycles. The lowest BCUT2D eigenvalue weighted by atomic mass is 9.96. The van der Waals surface area contributed by atoms with Gasteiger partial charge in [-0.2, -0.15) is 0 Å². The summed E-state index contributed by atoms with van der Waals surface area (Å²) >= 11 is 6.48. The molecule has 1 unspecified atom stereocenters. The predicted molar refractivity (Wildman–Crippen MR) is 120 cm³/mol. The van der Waals surface area contributed by atoms with Crippen LogP contribution in [0.25, 0.3) is 10.9 Å². The first-order valence-electron chi connectivity index (χ1n) is 9.78. The Labute approximate surface area is 180 Å². The molecule has 30 heavy (non-hydrogen) atoms. The van der Waals surface area contributed by atoms with Gasteiger partial charge in [-0.15, -0.1) is 0 Å². The number of hydrogen-bond acceptors (Lipinski definition) is 3. The van der Waals surface area contributed by atoms with Crippen LogP contribution in [-0.4, -0.2) is 16.0 Å². The molecule has 4 nitrogen and oxygen atoms in total. The Hall–Kier alpha value is -3.37. The van der Waals surface area contributed by atoms with Crippen LogP contribution in [0.15, 0.2) is 85.1 Å². The number of benzene rings is 3. The van der Waals surface area contributed by atoms with Crippen molar-refractivity contribution in [2.45, 2.75) is 18.9 Å². The Balaban J connectivity index is 1.67. The average Bonchev–Trinajstić information content (AvgIpc) is 2.80. The van der Waals surface area contributed by atoms with E-state index in [0.717, 1.165) is 11.1 Å². The van der Waals surface area contributed by atoms with E-state index >= 15 is 0 Å². The number of aromatic hydroxyl groups is 1. The monoisotopic (exact) mass is 416 g/mol. The minimum absolute atomic E-state index is 0.0206. The van der Waals surface area contributed by atoms with Crippen molar-refractivity contribution in [2.24, 2.45) is 0 Å². The maximum absolute atomic E-state index is 12.8. The molecule has 150 valence electrons. The molecule has 0 saturated heterocycles. The van der Waals surface area contributed by atoms with E-state index in [-0.39, 0.29) is 11.7 Å². The summed E-state index contributed by atoms with van der Waals surface area (Å²) in [6.45, 7) is 0. The van der Waals surface area contributed by atoms with Crippen molar-refractivity contribution in [2.75, 3.05) is 0 Å². The van der Waals surface area contributed by atoms with Crippen molar-refractivity contribution < 1.29 is 9.90 Å². The molecule has 1 amide bonds. The number of aromatic nitrogens is 1. The molecule has 4 aromatic rings.